The summed E-state index contributed by atoms with van der Waals surface area (Å²) in [5, 5.41) is 0. The van der Waals surface area contributed by atoms with Gasteiger partial charge in [0, 0.05) is 28.4 Å². The highest BCUT2D eigenvalue weighted by molar-refractivity contribution is 5.87. The Labute approximate surface area is 298 Å². The monoisotopic (exact) mass is 653 g/mol. The predicted molar refractivity (Wildman–Crippen MR) is 212 cm³/mol. The van der Waals surface area contributed by atoms with Crippen molar-refractivity contribution in [1.29, 1.82) is 0 Å². The number of nitrogens with zero attached hydrogens (tertiary/aromatic N) is 3. The summed E-state index contributed by atoms with van der Waals surface area (Å²) >= 11 is 0. The molecule has 51 heavy (non-hydrogen) atoms. The number of para-hydroxylation sites is 3. The SMILES string of the molecule is c1ccc(N(c2ccc3c(c2)Cc2ccccc2-3)c2ccc(N(c3ccccc3)c3ccc4c(c3)Cc3ccccc3-4)n2-c2ccccc2)cc1. The van der Waals surface area contributed by atoms with Crippen LogP contribution in [0.15, 0.2) is 188 Å². The minimum Gasteiger partial charge on any atom is -0.296 e. The molecule has 1 aromatic heterocycles. The van der Waals surface area contributed by atoms with E-state index in [9.17, 15) is 0 Å². The third-order valence-electron chi connectivity index (χ3n) is 10.4. The van der Waals surface area contributed by atoms with Gasteiger partial charge in [-0.1, -0.05) is 115 Å². The molecule has 0 atom stereocenters. The molecule has 0 saturated heterocycles. The van der Waals surface area contributed by atoms with Gasteiger partial charge >= 0.3 is 0 Å². The van der Waals surface area contributed by atoms with E-state index in [4.69, 9.17) is 0 Å². The summed E-state index contributed by atoms with van der Waals surface area (Å²) in [7, 11) is 0. The largest absolute Gasteiger partial charge is 0.296 e. The number of hydrogen-bond donors (Lipinski definition) is 0. The molecular formula is C48H35N3. The van der Waals surface area contributed by atoms with Crippen LogP contribution < -0.4 is 9.80 Å². The Hall–Kier alpha value is -6.58. The van der Waals surface area contributed by atoms with Gasteiger partial charge in [-0.3, -0.25) is 14.4 Å². The van der Waals surface area contributed by atoms with E-state index >= 15 is 0 Å². The standard InChI is InChI=1S/C48H35N3/c1-4-16-38(17-5-1)49(41-24-26-45-36(32-41)30-34-14-10-12-22-43(34)45)47-28-29-48(51(47)40-20-8-3-9-21-40)50(39-18-6-2-7-19-39)42-25-27-46-37(33-42)31-35-15-11-13-23-44(35)46/h1-29,32-33H,30-31H2. The molecule has 2 aliphatic rings. The van der Waals surface area contributed by atoms with E-state index in [1.54, 1.807) is 0 Å². The summed E-state index contributed by atoms with van der Waals surface area (Å²) in [5.41, 5.74) is 16.4. The first kappa shape index (κ1) is 29.3. The third kappa shape index (κ3) is 4.97. The van der Waals surface area contributed by atoms with Crippen LogP contribution in [0, 0.1) is 0 Å². The average molecular weight is 654 g/mol. The van der Waals surface area contributed by atoms with Crippen molar-refractivity contribution >= 4 is 34.4 Å². The van der Waals surface area contributed by atoms with Crippen LogP contribution >= 0.6 is 0 Å². The molecule has 0 spiro atoms. The molecule has 7 aromatic carbocycles. The van der Waals surface area contributed by atoms with E-state index in [0.717, 1.165) is 52.9 Å². The van der Waals surface area contributed by atoms with Crippen molar-refractivity contribution in [3.63, 3.8) is 0 Å². The molecule has 0 saturated carbocycles. The maximum Gasteiger partial charge on any atom is 0.124 e. The van der Waals surface area contributed by atoms with E-state index in [1.165, 1.54) is 44.5 Å². The van der Waals surface area contributed by atoms with Crippen molar-refractivity contribution in [2.75, 3.05) is 9.80 Å². The van der Waals surface area contributed by atoms with Crippen molar-refractivity contribution in [3.8, 4) is 27.9 Å². The molecule has 0 bridgehead atoms. The summed E-state index contributed by atoms with van der Waals surface area (Å²) in [6.07, 6.45) is 1.88. The van der Waals surface area contributed by atoms with E-state index in [1.807, 2.05) is 0 Å². The second-order valence-electron chi connectivity index (χ2n) is 13.4. The van der Waals surface area contributed by atoms with Crippen LogP contribution in [0.3, 0.4) is 0 Å². The summed E-state index contributed by atoms with van der Waals surface area (Å²) < 4.78 is 2.41. The Morgan fingerprint density at radius 1 is 0.314 bits per heavy atom. The third-order valence-corrected chi connectivity index (χ3v) is 10.4. The van der Waals surface area contributed by atoms with Gasteiger partial charge in [-0.05, 0) is 130 Å². The van der Waals surface area contributed by atoms with Crippen LogP contribution in [-0.4, -0.2) is 4.57 Å². The molecule has 1 heterocycles. The molecule has 2 aliphatic carbocycles. The Morgan fingerprint density at radius 2 is 0.706 bits per heavy atom. The first-order valence-electron chi connectivity index (χ1n) is 17.7. The van der Waals surface area contributed by atoms with Gasteiger partial charge < -0.3 is 0 Å². The van der Waals surface area contributed by atoms with Crippen LogP contribution in [0.2, 0.25) is 0 Å². The zero-order valence-corrected chi connectivity index (χ0v) is 28.2. The van der Waals surface area contributed by atoms with Crippen LogP contribution in [-0.2, 0) is 12.8 Å². The number of rotatable bonds is 7. The van der Waals surface area contributed by atoms with Crippen molar-refractivity contribution in [3.05, 3.63) is 210 Å². The summed E-state index contributed by atoms with van der Waals surface area (Å²) in [6, 6.07) is 68.4. The van der Waals surface area contributed by atoms with E-state index < -0.39 is 0 Å². The Kier molecular flexibility index (Phi) is 6.95. The molecule has 0 radical (unpaired) electrons. The molecule has 0 unspecified atom stereocenters. The summed E-state index contributed by atoms with van der Waals surface area (Å²) in [6.45, 7) is 0. The van der Waals surface area contributed by atoms with Gasteiger partial charge in [0.25, 0.3) is 0 Å². The quantitative estimate of drug-likeness (QED) is 0.170. The highest BCUT2D eigenvalue weighted by Crippen LogP contribution is 2.47. The topological polar surface area (TPSA) is 11.4 Å². The van der Waals surface area contributed by atoms with Crippen molar-refractivity contribution in [2.24, 2.45) is 0 Å². The van der Waals surface area contributed by atoms with E-state index in [0.29, 0.717) is 0 Å². The molecule has 0 amide bonds. The molecule has 8 aromatic rings. The molecule has 3 nitrogen and oxygen atoms in total. The van der Waals surface area contributed by atoms with E-state index in [2.05, 4.69) is 202 Å². The fourth-order valence-corrected chi connectivity index (χ4v) is 8.13. The molecule has 0 aliphatic heterocycles. The Bertz CT molecular complexity index is 2370. The van der Waals surface area contributed by atoms with Crippen LogP contribution in [0.1, 0.15) is 22.3 Å². The van der Waals surface area contributed by atoms with Crippen molar-refractivity contribution < 1.29 is 0 Å². The lowest BCUT2D eigenvalue weighted by Crippen LogP contribution is -2.18. The highest BCUT2D eigenvalue weighted by Gasteiger charge is 2.27. The number of anilines is 6. The van der Waals surface area contributed by atoms with Crippen LogP contribution in [0.5, 0.6) is 0 Å². The lowest BCUT2D eigenvalue weighted by atomic mass is 10.0. The molecule has 242 valence electrons. The van der Waals surface area contributed by atoms with Gasteiger partial charge in [-0.25, -0.2) is 0 Å². The summed E-state index contributed by atoms with van der Waals surface area (Å²) in [4.78, 5) is 4.81. The smallest absolute Gasteiger partial charge is 0.124 e. The minimum absolute atomic E-state index is 0.941. The van der Waals surface area contributed by atoms with Gasteiger partial charge in [-0.15, -0.1) is 0 Å². The number of fused-ring (bicyclic) bond motifs is 6. The number of hydrogen-bond acceptors (Lipinski definition) is 2. The van der Waals surface area contributed by atoms with E-state index in [-0.39, 0.29) is 0 Å². The van der Waals surface area contributed by atoms with Crippen molar-refractivity contribution in [2.45, 2.75) is 12.8 Å². The Morgan fingerprint density at radius 3 is 1.18 bits per heavy atom. The van der Waals surface area contributed by atoms with Gasteiger partial charge in [0.05, 0.1) is 0 Å². The van der Waals surface area contributed by atoms with Crippen molar-refractivity contribution in [1.82, 2.24) is 4.57 Å². The number of aromatic nitrogens is 1. The number of benzene rings is 7. The second kappa shape index (κ2) is 12.1. The van der Waals surface area contributed by atoms with Gasteiger partial charge in [0.1, 0.15) is 11.6 Å². The fraction of sp³-hybridized carbons (Fsp3) is 0.0417. The molecule has 10 rings (SSSR count). The fourth-order valence-electron chi connectivity index (χ4n) is 8.13. The van der Waals surface area contributed by atoms with Crippen LogP contribution in [0.25, 0.3) is 27.9 Å². The summed E-state index contributed by atoms with van der Waals surface area (Å²) in [5.74, 6) is 2.12. The molecule has 0 fully saturated rings. The molecular weight excluding hydrogens is 619 g/mol. The lowest BCUT2D eigenvalue weighted by molar-refractivity contribution is 1.01. The first-order valence-corrected chi connectivity index (χ1v) is 17.7. The van der Waals surface area contributed by atoms with Crippen LogP contribution in [0.4, 0.5) is 34.4 Å². The normalized spacial score (nSPS) is 12.2. The maximum absolute atomic E-state index is 2.41. The molecule has 0 N–H and O–H groups in total. The first-order chi connectivity index (χ1) is 25.3. The average Bonchev–Trinajstić information content (AvgIpc) is 3.89. The van der Waals surface area contributed by atoms with Gasteiger partial charge in [0.15, 0.2) is 0 Å². The maximum atomic E-state index is 2.41. The zero-order valence-electron chi connectivity index (χ0n) is 28.2. The predicted octanol–water partition coefficient (Wildman–Crippen LogP) is 12.6. The lowest BCUT2D eigenvalue weighted by Gasteiger charge is -2.31. The molecule has 3 heteroatoms. The Balaban J connectivity index is 1.18. The van der Waals surface area contributed by atoms with Gasteiger partial charge in [0.2, 0.25) is 0 Å². The zero-order chi connectivity index (χ0) is 33.7. The highest BCUT2D eigenvalue weighted by atomic mass is 15.3. The minimum atomic E-state index is 0.941. The second-order valence-corrected chi connectivity index (χ2v) is 13.4. The van der Waals surface area contributed by atoms with Gasteiger partial charge in [-0.2, -0.15) is 0 Å².